The first kappa shape index (κ1) is 21.9. The van der Waals surface area contributed by atoms with Crippen LogP contribution in [-0.2, 0) is 12.8 Å². The van der Waals surface area contributed by atoms with E-state index in [0.29, 0.717) is 22.8 Å². The smallest absolute Gasteiger partial charge is 0.418 e. The fraction of sp³-hybridized carbons (Fsp3) is 0.0870. The topological polar surface area (TPSA) is 84.7 Å². The van der Waals surface area contributed by atoms with E-state index in [-0.39, 0.29) is 17.9 Å². The molecular weight excluding hydrogens is 437 g/mol. The zero-order valence-corrected chi connectivity index (χ0v) is 17.0. The maximum absolute atomic E-state index is 13.1. The highest BCUT2D eigenvalue weighted by Crippen LogP contribution is 2.34. The number of nitrogens with zero attached hydrogens (tertiary/aromatic N) is 2. The van der Waals surface area contributed by atoms with Gasteiger partial charge < -0.3 is 15.4 Å². The van der Waals surface area contributed by atoms with Crippen molar-refractivity contribution in [2.75, 3.05) is 10.6 Å². The zero-order chi connectivity index (χ0) is 23.4. The number of hydrogen-bond acceptors (Lipinski definition) is 4. The van der Waals surface area contributed by atoms with E-state index in [1.807, 2.05) is 0 Å². The second kappa shape index (κ2) is 9.03. The third-order valence-electron chi connectivity index (χ3n) is 4.58. The average Bonchev–Trinajstić information content (AvgIpc) is 2.77. The number of urea groups is 1. The van der Waals surface area contributed by atoms with Gasteiger partial charge in [-0.1, -0.05) is 24.3 Å². The average molecular weight is 454 g/mol. The van der Waals surface area contributed by atoms with E-state index in [0.717, 1.165) is 6.07 Å². The Balaban J connectivity index is 1.42. The molecule has 0 bridgehead atoms. The molecule has 4 aromatic rings. The zero-order valence-electron chi connectivity index (χ0n) is 17.0. The molecule has 2 N–H and O–H groups in total. The van der Waals surface area contributed by atoms with Crippen LogP contribution >= 0.6 is 0 Å². The van der Waals surface area contributed by atoms with Crippen molar-refractivity contribution in [1.82, 2.24) is 9.38 Å². The number of amides is 2. The molecule has 0 aliphatic carbocycles. The Hall–Kier alpha value is -4.34. The summed E-state index contributed by atoms with van der Waals surface area (Å²) in [4.78, 5) is 28.8. The summed E-state index contributed by atoms with van der Waals surface area (Å²) < 4.78 is 46.4. The van der Waals surface area contributed by atoms with Gasteiger partial charge in [0.25, 0.3) is 5.56 Å². The summed E-state index contributed by atoms with van der Waals surface area (Å²) in [5, 5.41) is 4.68. The third kappa shape index (κ3) is 5.29. The number of para-hydroxylation sites is 1. The molecule has 2 heterocycles. The largest absolute Gasteiger partial charge is 0.487 e. The first-order valence-corrected chi connectivity index (χ1v) is 9.74. The number of anilines is 2. The molecule has 4 rings (SSSR count). The second-order valence-electron chi connectivity index (χ2n) is 6.95. The minimum atomic E-state index is -4.60. The third-order valence-corrected chi connectivity index (χ3v) is 4.58. The molecule has 7 nitrogen and oxygen atoms in total. The summed E-state index contributed by atoms with van der Waals surface area (Å²) in [6, 6.07) is 16.7. The van der Waals surface area contributed by atoms with Gasteiger partial charge in [0, 0.05) is 24.0 Å². The number of pyridine rings is 1. The van der Waals surface area contributed by atoms with Gasteiger partial charge in [-0.3, -0.25) is 9.20 Å². The molecule has 0 aliphatic heterocycles. The van der Waals surface area contributed by atoms with Crippen molar-refractivity contribution < 1.29 is 22.7 Å². The van der Waals surface area contributed by atoms with Crippen molar-refractivity contribution in [2.45, 2.75) is 12.8 Å². The van der Waals surface area contributed by atoms with Gasteiger partial charge >= 0.3 is 12.2 Å². The Morgan fingerprint density at radius 3 is 2.58 bits per heavy atom. The Bertz CT molecular complexity index is 1370. The molecule has 0 saturated carbocycles. The number of aromatic nitrogens is 2. The maximum Gasteiger partial charge on any atom is 0.418 e. The van der Waals surface area contributed by atoms with Gasteiger partial charge in [-0.2, -0.15) is 13.2 Å². The highest BCUT2D eigenvalue weighted by Gasteiger charge is 2.33. The van der Waals surface area contributed by atoms with Crippen LogP contribution in [0.5, 0.6) is 5.75 Å². The van der Waals surface area contributed by atoms with Crippen molar-refractivity contribution in [3.63, 3.8) is 0 Å². The van der Waals surface area contributed by atoms with Crippen LogP contribution in [0.1, 0.15) is 11.3 Å². The van der Waals surface area contributed by atoms with Crippen LogP contribution in [0.2, 0.25) is 0 Å². The van der Waals surface area contributed by atoms with E-state index < -0.39 is 17.8 Å². The Morgan fingerprint density at radius 1 is 0.970 bits per heavy atom. The molecule has 0 unspecified atom stereocenters. The van der Waals surface area contributed by atoms with E-state index >= 15 is 0 Å². The molecule has 0 spiro atoms. The number of halogens is 3. The van der Waals surface area contributed by atoms with Gasteiger partial charge in [-0.25, -0.2) is 9.78 Å². The fourth-order valence-corrected chi connectivity index (χ4v) is 3.12. The van der Waals surface area contributed by atoms with Gasteiger partial charge in [-0.05, 0) is 36.4 Å². The number of rotatable bonds is 5. The summed E-state index contributed by atoms with van der Waals surface area (Å²) >= 11 is 0. The lowest BCUT2D eigenvalue weighted by atomic mass is 10.1. The molecule has 0 radical (unpaired) electrons. The molecule has 2 aromatic carbocycles. The molecule has 10 heteroatoms. The lowest BCUT2D eigenvalue weighted by molar-refractivity contribution is -0.136. The van der Waals surface area contributed by atoms with Crippen LogP contribution in [0.4, 0.5) is 29.3 Å². The van der Waals surface area contributed by atoms with Gasteiger partial charge in [0.15, 0.2) is 0 Å². The summed E-state index contributed by atoms with van der Waals surface area (Å²) in [6.07, 6.45) is -2.99. The van der Waals surface area contributed by atoms with E-state index in [1.165, 1.54) is 34.7 Å². The molecule has 0 fully saturated rings. The second-order valence-corrected chi connectivity index (χ2v) is 6.95. The van der Waals surface area contributed by atoms with Crippen LogP contribution in [0.15, 0.2) is 83.8 Å². The minimum Gasteiger partial charge on any atom is -0.487 e. The lowest BCUT2D eigenvalue weighted by Crippen LogP contribution is -2.21. The number of carbonyl (C=O) groups excluding carboxylic acids is 1. The number of nitrogens with one attached hydrogen (secondary N) is 2. The van der Waals surface area contributed by atoms with E-state index in [1.54, 1.807) is 42.6 Å². The number of hydrogen-bond donors (Lipinski definition) is 2. The Morgan fingerprint density at radius 2 is 1.76 bits per heavy atom. The SMILES string of the molecule is O=C(Nc1cccc(OCc2cc(=O)n3ccccc3n2)c1)Nc1ccccc1C(F)(F)F. The Labute approximate surface area is 185 Å². The molecule has 0 atom stereocenters. The molecule has 168 valence electrons. The van der Waals surface area contributed by atoms with Crippen LogP contribution < -0.4 is 20.9 Å². The summed E-state index contributed by atoms with van der Waals surface area (Å²) in [5.74, 6) is 0.374. The van der Waals surface area contributed by atoms with Gasteiger partial charge in [0.05, 0.1) is 16.9 Å². The van der Waals surface area contributed by atoms with Crippen molar-refractivity contribution >= 4 is 23.1 Å². The standard InChI is InChI=1S/C23H17F3N4O3/c24-23(25,26)18-8-1-2-9-19(18)29-22(32)28-15-6-5-7-17(12-15)33-14-16-13-21(31)30-11-4-3-10-20(30)27-16/h1-13H,14H2,(H2,28,29,32). The van der Waals surface area contributed by atoms with Crippen molar-refractivity contribution in [1.29, 1.82) is 0 Å². The van der Waals surface area contributed by atoms with Crippen molar-refractivity contribution in [3.8, 4) is 5.75 Å². The first-order valence-electron chi connectivity index (χ1n) is 9.74. The van der Waals surface area contributed by atoms with Gasteiger partial charge in [0.2, 0.25) is 0 Å². The predicted molar refractivity (Wildman–Crippen MR) is 116 cm³/mol. The maximum atomic E-state index is 13.1. The minimum absolute atomic E-state index is 0.00917. The number of carbonyl (C=O) groups is 1. The van der Waals surface area contributed by atoms with Gasteiger partial charge in [0.1, 0.15) is 18.0 Å². The van der Waals surface area contributed by atoms with E-state index in [2.05, 4.69) is 15.6 Å². The first-order chi connectivity index (χ1) is 15.8. The van der Waals surface area contributed by atoms with Crippen molar-refractivity contribution in [3.05, 3.63) is 101 Å². The number of fused-ring (bicyclic) bond motifs is 1. The quantitative estimate of drug-likeness (QED) is 0.448. The van der Waals surface area contributed by atoms with Crippen LogP contribution in [0.3, 0.4) is 0 Å². The summed E-state index contributed by atoms with van der Waals surface area (Å²) in [6.45, 7) is 0.00917. The van der Waals surface area contributed by atoms with Crippen LogP contribution in [0, 0.1) is 0 Å². The van der Waals surface area contributed by atoms with Crippen LogP contribution in [-0.4, -0.2) is 15.4 Å². The number of alkyl halides is 3. The van der Waals surface area contributed by atoms with E-state index in [4.69, 9.17) is 4.74 Å². The highest BCUT2D eigenvalue weighted by atomic mass is 19.4. The van der Waals surface area contributed by atoms with Crippen molar-refractivity contribution in [2.24, 2.45) is 0 Å². The lowest BCUT2D eigenvalue weighted by Gasteiger charge is -2.14. The highest BCUT2D eigenvalue weighted by molar-refractivity contribution is 6.00. The number of ether oxygens (including phenoxy) is 1. The molecule has 0 saturated heterocycles. The summed E-state index contributed by atoms with van der Waals surface area (Å²) in [5.41, 5.74) is -0.341. The van der Waals surface area contributed by atoms with E-state index in [9.17, 15) is 22.8 Å². The Kier molecular flexibility index (Phi) is 5.99. The summed E-state index contributed by atoms with van der Waals surface area (Å²) in [7, 11) is 0. The fourth-order valence-electron chi connectivity index (χ4n) is 3.12. The molecule has 33 heavy (non-hydrogen) atoms. The molecular formula is C23H17F3N4O3. The van der Waals surface area contributed by atoms with Crippen LogP contribution in [0.25, 0.3) is 5.65 Å². The normalized spacial score (nSPS) is 11.2. The van der Waals surface area contributed by atoms with Gasteiger partial charge in [-0.15, -0.1) is 0 Å². The molecule has 2 aromatic heterocycles. The molecule has 0 aliphatic rings. The number of benzene rings is 2. The predicted octanol–water partition coefficient (Wildman–Crippen LogP) is 4.94. The molecule has 2 amide bonds. The monoisotopic (exact) mass is 454 g/mol.